The first kappa shape index (κ1) is 29.7. The number of hydrogen-bond donors (Lipinski definition) is 1. The lowest BCUT2D eigenvalue weighted by atomic mass is 10.0. The average Bonchev–Trinajstić information content (AvgIpc) is 3.03. The SMILES string of the molecule is CCc1ccc(NC(=O)[C@H](CC)Sc2nnc(-c3ccc(OC)c(OC)c3)c(-c3ccc(OC)c(OC)c3)n2)cc1. The Morgan fingerprint density at radius 3 is 1.83 bits per heavy atom. The van der Waals surface area contributed by atoms with Gasteiger partial charge in [0.2, 0.25) is 11.1 Å². The van der Waals surface area contributed by atoms with Crippen LogP contribution < -0.4 is 24.3 Å². The highest BCUT2D eigenvalue weighted by molar-refractivity contribution is 8.00. The number of carbonyl (C=O) groups is 1. The van der Waals surface area contributed by atoms with Crippen molar-refractivity contribution in [2.45, 2.75) is 37.1 Å². The molecular weight excluding hydrogens is 540 g/mol. The third-order valence-electron chi connectivity index (χ3n) is 6.52. The lowest BCUT2D eigenvalue weighted by molar-refractivity contribution is -0.115. The van der Waals surface area contributed by atoms with Gasteiger partial charge in [-0.3, -0.25) is 4.79 Å². The van der Waals surface area contributed by atoms with E-state index in [4.69, 9.17) is 23.9 Å². The summed E-state index contributed by atoms with van der Waals surface area (Å²) in [7, 11) is 6.33. The first-order chi connectivity index (χ1) is 19.9. The second-order valence-electron chi connectivity index (χ2n) is 8.99. The van der Waals surface area contributed by atoms with Gasteiger partial charge >= 0.3 is 0 Å². The van der Waals surface area contributed by atoms with Crippen LogP contribution in [0, 0.1) is 0 Å². The molecule has 1 aromatic heterocycles. The van der Waals surface area contributed by atoms with Crippen LogP contribution in [0.25, 0.3) is 22.5 Å². The molecule has 10 heteroatoms. The van der Waals surface area contributed by atoms with Crippen molar-refractivity contribution in [2.24, 2.45) is 0 Å². The van der Waals surface area contributed by atoms with Gasteiger partial charge in [0.15, 0.2) is 23.0 Å². The number of amides is 1. The van der Waals surface area contributed by atoms with E-state index in [0.717, 1.165) is 23.2 Å². The number of nitrogens with one attached hydrogen (secondary N) is 1. The predicted molar refractivity (Wildman–Crippen MR) is 161 cm³/mol. The van der Waals surface area contributed by atoms with E-state index in [2.05, 4.69) is 22.4 Å². The number of benzene rings is 3. The summed E-state index contributed by atoms with van der Waals surface area (Å²) in [4.78, 5) is 18.1. The molecule has 0 spiro atoms. The van der Waals surface area contributed by atoms with E-state index in [0.29, 0.717) is 46.0 Å². The largest absolute Gasteiger partial charge is 0.493 e. The summed E-state index contributed by atoms with van der Waals surface area (Å²) >= 11 is 1.27. The van der Waals surface area contributed by atoms with Crippen molar-refractivity contribution in [3.05, 3.63) is 66.2 Å². The van der Waals surface area contributed by atoms with Crippen molar-refractivity contribution in [3.8, 4) is 45.5 Å². The summed E-state index contributed by atoms with van der Waals surface area (Å²) in [6.07, 6.45) is 1.52. The number of rotatable bonds is 12. The molecule has 4 rings (SSSR count). The van der Waals surface area contributed by atoms with E-state index in [1.807, 2.05) is 61.5 Å². The minimum absolute atomic E-state index is 0.123. The predicted octanol–water partition coefficient (Wildman–Crippen LogP) is 6.31. The minimum Gasteiger partial charge on any atom is -0.493 e. The van der Waals surface area contributed by atoms with Crippen molar-refractivity contribution in [1.82, 2.24) is 15.2 Å². The summed E-state index contributed by atoms with van der Waals surface area (Å²) < 4.78 is 21.9. The number of aryl methyl sites for hydroxylation is 1. The molecule has 0 aliphatic heterocycles. The van der Waals surface area contributed by atoms with Gasteiger partial charge in [0.1, 0.15) is 11.4 Å². The van der Waals surface area contributed by atoms with E-state index >= 15 is 0 Å². The van der Waals surface area contributed by atoms with Crippen LogP contribution in [0.5, 0.6) is 23.0 Å². The lowest BCUT2D eigenvalue weighted by Gasteiger charge is -2.16. The zero-order valence-electron chi connectivity index (χ0n) is 24.1. The molecule has 4 aromatic rings. The van der Waals surface area contributed by atoms with Gasteiger partial charge in [0.25, 0.3) is 0 Å². The van der Waals surface area contributed by atoms with Gasteiger partial charge in [-0.25, -0.2) is 4.98 Å². The fraction of sp³-hybridized carbons (Fsp3) is 0.290. The smallest absolute Gasteiger partial charge is 0.237 e. The monoisotopic (exact) mass is 574 g/mol. The second-order valence-corrected chi connectivity index (χ2v) is 10.2. The molecule has 0 aliphatic rings. The highest BCUT2D eigenvalue weighted by atomic mass is 32.2. The Labute approximate surface area is 244 Å². The normalized spacial score (nSPS) is 11.5. The van der Waals surface area contributed by atoms with Gasteiger partial charge in [-0.2, -0.15) is 0 Å². The Balaban J connectivity index is 1.72. The number of hydrogen-bond acceptors (Lipinski definition) is 9. The van der Waals surface area contributed by atoms with Crippen molar-refractivity contribution in [3.63, 3.8) is 0 Å². The lowest BCUT2D eigenvalue weighted by Crippen LogP contribution is -2.25. The molecule has 0 saturated carbocycles. The Kier molecular flexibility index (Phi) is 10.0. The number of thioether (sulfide) groups is 1. The number of ether oxygens (including phenoxy) is 4. The Hall–Kier alpha value is -4.31. The molecular formula is C31H34N4O5S. The molecule has 0 saturated heterocycles. The Morgan fingerprint density at radius 2 is 1.32 bits per heavy atom. The molecule has 9 nitrogen and oxygen atoms in total. The molecule has 0 fully saturated rings. The first-order valence-corrected chi connectivity index (χ1v) is 14.1. The minimum atomic E-state index is -0.423. The van der Waals surface area contributed by atoms with E-state index in [1.54, 1.807) is 34.5 Å². The van der Waals surface area contributed by atoms with Gasteiger partial charge in [0, 0.05) is 16.8 Å². The number of anilines is 1. The fourth-order valence-corrected chi connectivity index (χ4v) is 5.04. The van der Waals surface area contributed by atoms with Crippen molar-refractivity contribution in [1.29, 1.82) is 0 Å². The second kappa shape index (κ2) is 13.8. The molecule has 0 bridgehead atoms. The van der Waals surface area contributed by atoms with Crippen LogP contribution in [0.3, 0.4) is 0 Å². The molecule has 0 aliphatic carbocycles. The van der Waals surface area contributed by atoms with Crippen LogP contribution in [0.2, 0.25) is 0 Å². The van der Waals surface area contributed by atoms with E-state index < -0.39 is 5.25 Å². The van der Waals surface area contributed by atoms with Crippen molar-refractivity contribution < 1.29 is 23.7 Å². The topological polar surface area (TPSA) is 105 Å². The number of aromatic nitrogens is 3. The third-order valence-corrected chi connectivity index (χ3v) is 7.74. The standard InChI is InChI=1S/C31H34N4O5S/c1-7-19-9-13-22(14-10-19)32-30(36)27(8-2)41-31-33-28(20-11-15-23(37-3)25(17-20)39-5)29(34-35-31)21-12-16-24(38-4)26(18-21)40-6/h9-18,27H,7-8H2,1-6H3,(H,32,36)/t27-/m0/s1. The maximum absolute atomic E-state index is 13.2. The average molecular weight is 575 g/mol. The summed E-state index contributed by atoms with van der Waals surface area (Å²) in [5.74, 6) is 2.17. The van der Waals surface area contributed by atoms with E-state index in [1.165, 1.54) is 17.3 Å². The summed E-state index contributed by atoms with van der Waals surface area (Å²) in [6.45, 7) is 4.05. The van der Waals surface area contributed by atoms with Crippen molar-refractivity contribution in [2.75, 3.05) is 33.8 Å². The Bertz CT molecular complexity index is 1500. The van der Waals surface area contributed by atoms with Crippen LogP contribution >= 0.6 is 11.8 Å². The van der Waals surface area contributed by atoms with E-state index in [9.17, 15) is 4.79 Å². The molecule has 3 aromatic carbocycles. The van der Waals surface area contributed by atoms with Crippen LogP contribution in [0.15, 0.2) is 65.8 Å². The number of carbonyl (C=O) groups excluding carboxylic acids is 1. The summed E-state index contributed by atoms with van der Waals surface area (Å²) in [5.41, 5.74) is 4.56. The molecule has 1 atom stereocenters. The zero-order chi connectivity index (χ0) is 29.4. The van der Waals surface area contributed by atoms with Gasteiger partial charge in [0.05, 0.1) is 33.7 Å². The molecule has 214 valence electrons. The maximum Gasteiger partial charge on any atom is 0.237 e. The molecule has 1 N–H and O–H groups in total. The van der Waals surface area contributed by atoms with Crippen LogP contribution in [-0.4, -0.2) is 54.8 Å². The first-order valence-electron chi connectivity index (χ1n) is 13.2. The van der Waals surface area contributed by atoms with Crippen LogP contribution in [-0.2, 0) is 11.2 Å². The number of methoxy groups -OCH3 is 4. The highest BCUT2D eigenvalue weighted by Crippen LogP contribution is 2.38. The van der Waals surface area contributed by atoms with Crippen LogP contribution in [0.1, 0.15) is 25.8 Å². The van der Waals surface area contributed by atoms with E-state index in [-0.39, 0.29) is 5.91 Å². The fourth-order valence-electron chi connectivity index (χ4n) is 4.22. The number of nitrogens with zero attached hydrogens (tertiary/aromatic N) is 3. The van der Waals surface area contributed by atoms with Gasteiger partial charge < -0.3 is 24.3 Å². The van der Waals surface area contributed by atoms with Gasteiger partial charge in [-0.15, -0.1) is 10.2 Å². The maximum atomic E-state index is 13.2. The Morgan fingerprint density at radius 1 is 0.756 bits per heavy atom. The van der Waals surface area contributed by atoms with Gasteiger partial charge in [-0.05, 0) is 66.9 Å². The molecule has 1 amide bonds. The molecule has 1 heterocycles. The summed E-state index contributed by atoms with van der Waals surface area (Å²) in [6, 6.07) is 18.9. The quantitative estimate of drug-likeness (QED) is 0.195. The third kappa shape index (κ3) is 6.89. The molecule has 41 heavy (non-hydrogen) atoms. The molecule has 0 radical (unpaired) electrons. The van der Waals surface area contributed by atoms with Crippen LogP contribution in [0.4, 0.5) is 5.69 Å². The van der Waals surface area contributed by atoms with Gasteiger partial charge in [-0.1, -0.05) is 37.7 Å². The highest BCUT2D eigenvalue weighted by Gasteiger charge is 2.23. The molecule has 0 unspecified atom stereocenters. The summed E-state index contributed by atoms with van der Waals surface area (Å²) in [5, 5.41) is 11.9. The van der Waals surface area contributed by atoms with Crippen molar-refractivity contribution >= 4 is 23.4 Å². The zero-order valence-corrected chi connectivity index (χ0v) is 24.9.